The topological polar surface area (TPSA) is 152 Å². The first-order chi connectivity index (χ1) is 19.9. The molecular formula is C29H21N5O7. The van der Waals surface area contributed by atoms with Gasteiger partial charge in [0.05, 0.1) is 34.1 Å². The van der Waals surface area contributed by atoms with Crippen molar-refractivity contribution in [2.45, 2.75) is 6.61 Å². The van der Waals surface area contributed by atoms with Crippen molar-refractivity contribution in [3.63, 3.8) is 0 Å². The molecule has 0 radical (unpaired) electrons. The third-order valence-electron chi connectivity index (χ3n) is 6.11. The maximum absolute atomic E-state index is 13.4. The van der Waals surface area contributed by atoms with Gasteiger partial charge in [0, 0.05) is 29.3 Å². The minimum Gasteiger partial charge on any atom is -0.493 e. The van der Waals surface area contributed by atoms with Crippen LogP contribution in [0.4, 0.5) is 11.4 Å². The van der Waals surface area contributed by atoms with Crippen molar-refractivity contribution in [3.05, 3.63) is 133 Å². The van der Waals surface area contributed by atoms with Gasteiger partial charge in [-0.2, -0.15) is 9.78 Å². The molecular weight excluding hydrogens is 530 g/mol. The van der Waals surface area contributed by atoms with E-state index in [1.165, 1.54) is 49.7 Å². The van der Waals surface area contributed by atoms with E-state index in [2.05, 4.69) is 10.1 Å². The number of benzene rings is 4. The Morgan fingerprint density at radius 2 is 1.63 bits per heavy atom. The molecule has 0 fully saturated rings. The first-order valence-electron chi connectivity index (χ1n) is 12.2. The number of methoxy groups -OCH3 is 1. The Morgan fingerprint density at radius 3 is 2.32 bits per heavy atom. The Morgan fingerprint density at radius 1 is 0.927 bits per heavy atom. The third-order valence-corrected chi connectivity index (χ3v) is 6.11. The molecule has 0 spiro atoms. The molecule has 0 aliphatic carbocycles. The van der Waals surface area contributed by atoms with Crippen LogP contribution in [0.25, 0.3) is 22.3 Å². The van der Waals surface area contributed by atoms with E-state index in [1.807, 2.05) is 18.2 Å². The normalized spacial score (nSPS) is 11.0. The van der Waals surface area contributed by atoms with Crippen LogP contribution in [0, 0.1) is 20.2 Å². The molecule has 12 heteroatoms. The number of aromatic nitrogens is 2. The van der Waals surface area contributed by atoms with Crippen molar-refractivity contribution in [2.24, 2.45) is 5.10 Å². The van der Waals surface area contributed by atoms with Crippen LogP contribution in [0.3, 0.4) is 0 Å². The summed E-state index contributed by atoms with van der Waals surface area (Å²) in [6.45, 7) is -0.0960. The van der Waals surface area contributed by atoms with Gasteiger partial charge in [0.2, 0.25) is 5.75 Å². The van der Waals surface area contributed by atoms with Crippen LogP contribution in [-0.4, -0.2) is 32.8 Å². The fourth-order valence-corrected chi connectivity index (χ4v) is 4.11. The highest BCUT2D eigenvalue weighted by Gasteiger charge is 2.23. The average Bonchev–Trinajstić information content (AvgIpc) is 2.99. The molecule has 1 heterocycles. The predicted molar refractivity (Wildman–Crippen MR) is 152 cm³/mol. The molecule has 0 amide bonds. The highest BCUT2D eigenvalue weighted by Crippen LogP contribution is 2.38. The molecule has 1 aromatic heterocycles. The zero-order valence-corrected chi connectivity index (χ0v) is 21.5. The van der Waals surface area contributed by atoms with Gasteiger partial charge in [-0.15, -0.1) is 0 Å². The van der Waals surface area contributed by atoms with Crippen LogP contribution < -0.4 is 15.0 Å². The van der Waals surface area contributed by atoms with E-state index in [0.717, 1.165) is 4.68 Å². The van der Waals surface area contributed by atoms with E-state index in [1.54, 1.807) is 36.4 Å². The van der Waals surface area contributed by atoms with Gasteiger partial charge in [-0.1, -0.05) is 42.5 Å². The zero-order chi connectivity index (χ0) is 28.9. The molecule has 0 atom stereocenters. The fourth-order valence-electron chi connectivity index (χ4n) is 4.11. The number of ether oxygens (including phenoxy) is 2. The summed E-state index contributed by atoms with van der Waals surface area (Å²) in [5, 5.41) is 27.6. The lowest BCUT2D eigenvalue weighted by Gasteiger charge is -2.12. The lowest BCUT2D eigenvalue weighted by atomic mass is 10.1. The summed E-state index contributed by atoms with van der Waals surface area (Å²) >= 11 is 0. The molecule has 12 nitrogen and oxygen atoms in total. The zero-order valence-electron chi connectivity index (χ0n) is 21.5. The van der Waals surface area contributed by atoms with Gasteiger partial charge < -0.3 is 9.47 Å². The van der Waals surface area contributed by atoms with Gasteiger partial charge >= 0.3 is 5.69 Å². The summed E-state index contributed by atoms with van der Waals surface area (Å²) in [6, 6.07) is 24.3. The highest BCUT2D eigenvalue weighted by atomic mass is 16.6. The second-order valence-corrected chi connectivity index (χ2v) is 8.72. The van der Waals surface area contributed by atoms with Gasteiger partial charge in [0.15, 0.2) is 11.6 Å². The summed E-state index contributed by atoms with van der Waals surface area (Å²) < 4.78 is 12.3. The minimum absolute atomic E-state index is 0.0647. The third kappa shape index (κ3) is 5.61. The molecule has 0 N–H and O–H groups in total. The molecule has 0 aliphatic rings. The van der Waals surface area contributed by atoms with Crippen LogP contribution in [0.2, 0.25) is 0 Å². The summed E-state index contributed by atoms with van der Waals surface area (Å²) in [4.78, 5) is 39.7. The fraction of sp³-hybridized carbons (Fsp3) is 0.0690. The average molecular weight is 552 g/mol. The van der Waals surface area contributed by atoms with Gasteiger partial charge in [-0.25, -0.2) is 4.98 Å². The molecule has 4 aromatic carbocycles. The van der Waals surface area contributed by atoms with Gasteiger partial charge in [0.25, 0.3) is 11.2 Å². The first kappa shape index (κ1) is 26.7. The maximum Gasteiger partial charge on any atom is 0.315 e. The van der Waals surface area contributed by atoms with Crippen LogP contribution >= 0.6 is 0 Å². The van der Waals surface area contributed by atoms with Crippen molar-refractivity contribution >= 4 is 28.5 Å². The molecule has 0 saturated carbocycles. The van der Waals surface area contributed by atoms with E-state index < -0.39 is 15.4 Å². The highest BCUT2D eigenvalue weighted by molar-refractivity contribution is 5.84. The smallest absolute Gasteiger partial charge is 0.315 e. The Kier molecular flexibility index (Phi) is 7.45. The number of non-ortho nitro benzene ring substituents is 1. The SMILES string of the molecule is COc1cc(C=Nn2c(-c3ccccc3)nc3ccccc3c2=O)cc([N+](=O)[O-])c1OCc1ccc([N+](=O)[O-])cc1. The van der Waals surface area contributed by atoms with Crippen LogP contribution in [0.15, 0.2) is 101 Å². The van der Waals surface area contributed by atoms with Crippen LogP contribution in [0.1, 0.15) is 11.1 Å². The Bertz CT molecular complexity index is 1850. The summed E-state index contributed by atoms with van der Waals surface area (Å²) in [5.41, 5.74) is 1.12. The number of hydrogen-bond donors (Lipinski definition) is 0. The Labute approximate surface area is 232 Å². The standard InChI is InChI=1S/C29H21N5O7/c1-40-26-16-20(15-25(34(38)39)27(26)41-18-19-11-13-22(14-12-19)33(36)37)17-30-32-28(21-7-3-2-4-8-21)31-24-10-6-5-9-23(24)29(32)35/h2-17H,18H2,1H3. The lowest BCUT2D eigenvalue weighted by Crippen LogP contribution is -2.20. The van der Waals surface area contributed by atoms with Gasteiger partial charge in [-0.3, -0.25) is 25.0 Å². The second-order valence-electron chi connectivity index (χ2n) is 8.72. The molecule has 0 unspecified atom stereocenters. The number of nitro benzene ring substituents is 2. The molecule has 5 aromatic rings. The molecule has 204 valence electrons. The van der Waals surface area contributed by atoms with Crippen molar-refractivity contribution in [1.82, 2.24) is 9.66 Å². The van der Waals surface area contributed by atoms with E-state index >= 15 is 0 Å². The van der Waals surface area contributed by atoms with E-state index in [0.29, 0.717) is 27.9 Å². The molecule has 0 aliphatic heterocycles. The maximum atomic E-state index is 13.4. The lowest BCUT2D eigenvalue weighted by molar-refractivity contribution is -0.386. The molecule has 0 bridgehead atoms. The Hall–Kier alpha value is -5.91. The monoisotopic (exact) mass is 551 g/mol. The number of nitro groups is 2. The van der Waals surface area contributed by atoms with E-state index in [-0.39, 0.29) is 35.0 Å². The van der Waals surface area contributed by atoms with Crippen molar-refractivity contribution < 1.29 is 19.3 Å². The van der Waals surface area contributed by atoms with Crippen molar-refractivity contribution in [1.29, 1.82) is 0 Å². The molecule has 0 saturated heterocycles. The van der Waals surface area contributed by atoms with Crippen molar-refractivity contribution in [2.75, 3.05) is 7.11 Å². The predicted octanol–water partition coefficient (Wildman–Crippen LogP) is 5.35. The number of para-hydroxylation sites is 1. The Balaban J connectivity index is 1.53. The van der Waals surface area contributed by atoms with Gasteiger partial charge in [0.1, 0.15) is 6.61 Å². The number of rotatable bonds is 9. The number of nitrogens with zero attached hydrogens (tertiary/aromatic N) is 5. The number of hydrogen-bond acceptors (Lipinski definition) is 9. The minimum atomic E-state index is -0.621. The van der Waals surface area contributed by atoms with Gasteiger partial charge in [-0.05, 0) is 35.9 Å². The van der Waals surface area contributed by atoms with Crippen LogP contribution in [-0.2, 0) is 6.61 Å². The molecule has 5 rings (SSSR count). The van der Waals surface area contributed by atoms with Crippen LogP contribution in [0.5, 0.6) is 11.5 Å². The summed E-state index contributed by atoms with van der Waals surface area (Å²) in [6.07, 6.45) is 1.31. The summed E-state index contributed by atoms with van der Waals surface area (Å²) in [7, 11) is 1.34. The quantitative estimate of drug-likeness (QED) is 0.135. The largest absolute Gasteiger partial charge is 0.493 e. The van der Waals surface area contributed by atoms with E-state index in [4.69, 9.17) is 9.47 Å². The number of fused-ring (bicyclic) bond motifs is 1. The van der Waals surface area contributed by atoms with E-state index in [9.17, 15) is 25.0 Å². The molecule has 41 heavy (non-hydrogen) atoms. The first-order valence-corrected chi connectivity index (χ1v) is 12.2. The van der Waals surface area contributed by atoms with Crippen molar-refractivity contribution in [3.8, 4) is 22.9 Å². The second kappa shape index (κ2) is 11.5. The summed E-state index contributed by atoms with van der Waals surface area (Å²) in [5.74, 6) is 0.243.